The van der Waals surface area contributed by atoms with Crippen molar-refractivity contribution in [2.24, 2.45) is 0 Å². The molecule has 2 aliphatic rings. The van der Waals surface area contributed by atoms with Crippen LogP contribution in [0.1, 0.15) is 58.1 Å². The molecule has 1 N–H and O–H groups in total. The highest BCUT2D eigenvalue weighted by molar-refractivity contribution is 6.28. The van der Waals surface area contributed by atoms with Crippen molar-refractivity contribution < 1.29 is 29.0 Å². The van der Waals surface area contributed by atoms with E-state index >= 15 is 0 Å². The summed E-state index contributed by atoms with van der Waals surface area (Å²) in [7, 11) is 0. The molecule has 3 aromatic carbocycles. The van der Waals surface area contributed by atoms with Crippen molar-refractivity contribution in [3.63, 3.8) is 0 Å². The molecule has 0 fully saturated rings. The van der Waals surface area contributed by atoms with Gasteiger partial charge in [0.15, 0.2) is 11.6 Å². The minimum Gasteiger partial charge on any atom is -0.501 e. The average molecular weight is 410 g/mol. The first kappa shape index (κ1) is 18.7. The summed E-state index contributed by atoms with van der Waals surface area (Å²) in [6, 6.07) is 15.6. The van der Waals surface area contributed by atoms with Crippen LogP contribution in [-0.2, 0) is 0 Å². The van der Waals surface area contributed by atoms with E-state index in [1.807, 2.05) is 0 Å². The molecule has 0 saturated carbocycles. The number of hydrogen-bond acceptors (Lipinski definition) is 6. The monoisotopic (exact) mass is 410 g/mol. The zero-order valence-electron chi connectivity index (χ0n) is 16.3. The largest absolute Gasteiger partial charge is 0.501 e. The van der Waals surface area contributed by atoms with Crippen molar-refractivity contribution in [2.75, 3.05) is 0 Å². The first-order chi connectivity index (χ1) is 14.9. The number of carbonyl (C=O) groups is 4. The van der Waals surface area contributed by atoms with Crippen LogP contribution in [0.2, 0.25) is 0 Å². The number of carbonyl (C=O) groups excluding carboxylic acids is 4. The second-order valence-corrected chi connectivity index (χ2v) is 7.35. The Balaban J connectivity index is 1.60. The zero-order valence-corrected chi connectivity index (χ0v) is 16.3. The molecule has 6 heteroatoms. The number of benzene rings is 3. The van der Waals surface area contributed by atoms with Crippen molar-refractivity contribution >= 4 is 23.1 Å². The van der Waals surface area contributed by atoms with Gasteiger partial charge in [-0.15, -0.1) is 0 Å². The maximum Gasteiger partial charge on any atom is 0.232 e. The highest BCUT2D eigenvalue weighted by atomic mass is 16.5. The average Bonchev–Trinajstić information content (AvgIpc) is 2.79. The van der Waals surface area contributed by atoms with E-state index in [1.165, 1.54) is 24.3 Å². The molecule has 0 amide bonds. The summed E-state index contributed by atoms with van der Waals surface area (Å²) in [5.74, 6) is -3.19. The van der Waals surface area contributed by atoms with E-state index in [0.717, 1.165) is 0 Å². The van der Waals surface area contributed by atoms with E-state index in [9.17, 15) is 24.3 Å². The Labute approximate surface area is 176 Å². The van der Waals surface area contributed by atoms with Crippen molar-refractivity contribution in [3.8, 4) is 5.75 Å². The van der Waals surface area contributed by atoms with Gasteiger partial charge in [0.1, 0.15) is 5.75 Å². The number of hydrogen-bond donors (Lipinski definition) is 1. The van der Waals surface area contributed by atoms with Gasteiger partial charge < -0.3 is 9.84 Å². The van der Waals surface area contributed by atoms with E-state index in [4.69, 9.17) is 4.74 Å². The Morgan fingerprint density at radius 3 is 1.61 bits per heavy atom. The van der Waals surface area contributed by atoms with Crippen LogP contribution in [0, 0.1) is 6.92 Å². The number of ether oxygens (including phenoxy) is 1. The standard InChI is InChI=1S/C25H14O6/c1-12-10-17-18(21(27)14-7-3-2-6-13(14)20(17)26)11-19(12)31-25-23(29)16-9-5-4-8-15(16)22(28)24(25)30/h2-11,30H,1H3. The van der Waals surface area contributed by atoms with Gasteiger partial charge in [0.25, 0.3) is 0 Å². The third kappa shape index (κ3) is 2.65. The number of fused-ring (bicyclic) bond motifs is 3. The molecule has 0 unspecified atom stereocenters. The van der Waals surface area contributed by atoms with Crippen LogP contribution in [-0.4, -0.2) is 28.2 Å². The van der Waals surface area contributed by atoms with Gasteiger partial charge in [-0.25, -0.2) is 0 Å². The summed E-state index contributed by atoms with van der Waals surface area (Å²) in [4.78, 5) is 51.1. The molecule has 2 aliphatic carbocycles. The Kier molecular flexibility index (Phi) is 3.98. The summed E-state index contributed by atoms with van der Waals surface area (Å²) in [6.07, 6.45) is 0. The number of Topliss-reactive ketones (excluding diaryl/α,β-unsaturated/α-hetero) is 2. The smallest absolute Gasteiger partial charge is 0.232 e. The van der Waals surface area contributed by atoms with Gasteiger partial charge in [-0.1, -0.05) is 48.5 Å². The summed E-state index contributed by atoms with van der Waals surface area (Å²) >= 11 is 0. The van der Waals surface area contributed by atoms with Gasteiger partial charge in [-0.2, -0.15) is 0 Å². The molecule has 0 spiro atoms. The number of aryl methyl sites for hydroxylation is 1. The van der Waals surface area contributed by atoms with Crippen LogP contribution in [0.15, 0.2) is 72.2 Å². The number of rotatable bonds is 2. The van der Waals surface area contributed by atoms with Crippen molar-refractivity contribution in [3.05, 3.63) is 111 Å². The van der Waals surface area contributed by atoms with Crippen molar-refractivity contribution in [2.45, 2.75) is 6.92 Å². The van der Waals surface area contributed by atoms with Crippen LogP contribution in [0.3, 0.4) is 0 Å². The molecule has 0 atom stereocenters. The molecular weight excluding hydrogens is 396 g/mol. The lowest BCUT2D eigenvalue weighted by Gasteiger charge is -2.21. The van der Waals surface area contributed by atoms with Gasteiger partial charge in [-0.3, -0.25) is 19.2 Å². The number of allylic oxidation sites excluding steroid dienone is 2. The lowest BCUT2D eigenvalue weighted by Crippen LogP contribution is -2.25. The first-order valence-corrected chi connectivity index (χ1v) is 9.51. The predicted molar refractivity (Wildman–Crippen MR) is 110 cm³/mol. The normalized spacial score (nSPS) is 14.9. The summed E-state index contributed by atoms with van der Waals surface area (Å²) < 4.78 is 5.67. The van der Waals surface area contributed by atoms with Crippen LogP contribution in [0.5, 0.6) is 5.75 Å². The van der Waals surface area contributed by atoms with Crippen molar-refractivity contribution in [1.82, 2.24) is 0 Å². The van der Waals surface area contributed by atoms with E-state index in [0.29, 0.717) is 11.1 Å². The molecule has 31 heavy (non-hydrogen) atoms. The molecule has 0 aromatic heterocycles. The zero-order chi connectivity index (χ0) is 21.9. The second kappa shape index (κ2) is 6.60. The summed E-state index contributed by atoms with van der Waals surface area (Å²) in [5, 5.41) is 10.3. The van der Waals surface area contributed by atoms with Crippen molar-refractivity contribution in [1.29, 1.82) is 0 Å². The third-order valence-electron chi connectivity index (χ3n) is 5.49. The summed E-state index contributed by atoms with van der Waals surface area (Å²) in [5.41, 5.74) is 1.68. The molecule has 6 nitrogen and oxygen atoms in total. The minimum absolute atomic E-state index is 0.0943. The Morgan fingerprint density at radius 2 is 1.06 bits per heavy atom. The quantitative estimate of drug-likeness (QED) is 0.536. The van der Waals surface area contributed by atoms with Gasteiger partial charge in [0.05, 0.1) is 0 Å². The van der Waals surface area contributed by atoms with Crippen LogP contribution >= 0.6 is 0 Å². The lowest BCUT2D eigenvalue weighted by atomic mass is 9.83. The molecular formula is C25H14O6. The Hall–Kier alpha value is -4.32. The first-order valence-electron chi connectivity index (χ1n) is 9.51. The maximum absolute atomic E-state index is 13.0. The molecule has 3 aromatic rings. The van der Waals surface area contributed by atoms with E-state index in [1.54, 1.807) is 43.3 Å². The number of aliphatic hydroxyl groups excluding tert-OH is 1. The molecule has 150 valence electrons. The fourth-order valence-electron chi connectivity index (χ4n) is 3.89. The Bertz CT molecular complexity index is 1390. The van der Waals surface area contributed by atoms with E-state index in [-0.39, 0.29) is 45.1 Å². The van der Waals surface area contributed by atoms with Gasteiger partial charge in [0, 0.05) is 33.4 Å². The molecule has 0 saturated heterocycles. The minimum atomic E-state index is -0.798. The summed E-state index contributed by atoms with van der Waals surface area (Å²) in [6.45, 7) is 1.65. The van der Waals surface area contributed by atoms with Crippen LogP contribution < -0.4 is 4.74 Å². The molecule has 0 aliphatic heterocycles. The molecule has 0 radical (unpaired) electrons. The second-order valence-electron chi connectivity index (χ2n) is 7.35. The molecule has 0 heterocycles. The number of ketones is 4. The van der Waals surface area contributed by atoms with E-state index < -0.39 is 23.1 Å². The van der Waals surface area contributed by atoms with Gasteiger partial charge in [-0.05, 0) is 24.6 Å². The molecule has 5 rings (SSSR count). The van der Waals surface area contributed by atoms with E-state index in [2.05, 4.69) is 0 Å². The fourth-order valence-corrected chi connectivity index (χ4v) is 3.89. The lowest BCUT2D eigenvalue weighted by molar-refractivity contribution is 0.0888. The van der Waals surface area contributed by atoms with Gasteiger partial charge in [0.2, 0.25) is 23.1 Å². The fraction of sp³-hybridized carbons (Fsp3) is 0.0400. The topological polar surface area (TPSA) is 97.7 Å². The number of aliphatic hydroxyl groups is 1. The highest BCUT2D eigenvalue weighted by Gasteiger charge is 2.35. The predicted octanol–water partition coefficient (Wildman–Crippen LogP) is 4.00. The SMILES string of the molecule is Cc1cc2c(cc1OC1=C(O)C(=O)c3ccccc3C1=O)C(=O)c1ccccc1C2=O. The Morgan fingerprint density at radius 1 is 0.613 bits per heavy atom. The van der Waals surface area contributed by atoms with Gasteiger partial charge >= 0.3 is 0 Å². The third-order valence-corrected chi connectivity index (χ3v) is 5.49. The molecule has 0 bridgehead atoms. The maximum atomic E-state index is 13.0. The van der Waals surface area contributed by atoms with Crippen LogP contribution in [0.4, 0.5) is 0 Å². The van der Waals surface area contributed by atoms with Crippen LogP contribution in [0.25, 0.3) is 0 Å². The highest BCUT2D eigenvalue weighted by Crippen LogP contribution is 2.34.